The molecule has 1 aromatic rings. The van der Waals surface area contributed by atoms with Crippen LogP contribution in [0, 0.1) is 3.57 Å². The van der Waals surface area contributed by atoms with Gasteiger partial charge in [0.1, 0.15) is 0 Å². The second kappa shape index (κ2) is 10.4. The van der Waals surface area contributed by atoms with Crippen molar-refractivity contribution >= 4 is 28.4 Å². The molecule has 0 saturated heterocycles. The standard InChI is InChI=1S/C17H25IO/c1-2-3-4-5-6-7-8-9-13-17(19)15-11-10-12-16(18)14-15/h10-12,14H,2-9,13H2,1H3. The summed E-state index contributed by atoms with van der Waals surface area (Å²) < 4.78 is 1.14. The zero-order chi connectivity index (χ0) is 13.9. The van der Waals surface area contributed by atoms with Crippen LogP contribution in [0.5, 0.6) is 0 Å². The average molecular weight is 372 g/mol. The van der Waals surface area contributed by atoms with Crippen LogP contribution in [-0.2, 0) is 0 Å². The first kappa shape index (κ1) is 16.7. The van der Waals surface area contributed by atoms with Crippen molar-refractivity contribution < 1.29 is 4.79 Å². The van der Waals surface area contributed by atoms with E-state index in [1.165, 1.54) is 44.9 Å². The highest BCUT2D eigenvalue weighted by atomic mass is 127. The molecule has 1 nitrogen and oxygen atoms in total. The fraction of sp³-hybridized carbons (Fsp3) is 0.588. The SMILES string of the molecule is CCCCCCCCCCC(=O)c1cccc(I)c1. The molecule has 0 amide bonds. The molecule has 0 heterocycles. The number of carbonyl (C=O) groups is 1. The lowest BCUT2D eigenvalue weighted by Crippen LogP contribution is -1.99. The Kier molecular flexibility index (Phi) is 9.14. The summed E-state index contributed by atoms with van der Waals surface area (Å²) in [4.78, 5) is 12.0. The van der Waals surface area contributed by atoms with Crippen LogP contribution in [0.3, 0.4) is 0 Å². The smallest absolute Gasteiger partial charge is 0.162 e. The Morgan fingerprint density at radius 3 is 2.26 bits per heavy atom. The van der Waals surface area contributed by atoms with Crippen molar-refractivity contribution in [1.82, 2.24) is 0 Å². The first-order valence-electron chi connectivity index (χ1n) is 7.53. The van der Waals surface area contributed by atoms with Crippen LogP contribution in [0.2, 0.25) is 0 Å². The lowest BCUT2D eigenvalue weighted by Gasteiger charge is -2.03. The Bertz CT molecular complexity index is 373. The molecule has 1 rings (SSSR count). The zero-order valence-electron chi connectivity index (χ0n) is 12.0. The Morgan fingerprint density at radius 2 is 1.63 bits per heavy atom. The molecule has 0 atom stereocenters. The van der Waals surface area contributed by atoms with Gasteiger partial charge in [-0.1, -0.05) is 64.0 Å². The highest BCUT2D eigenvalue weighted by Gasteiger charge is 2.05. The number of benzene rings is 1. The Hall–Kier alpha value is -0.380. The van der Waals surface area contributed by atoms with E-state index in [1.54, 1.807) is 0 Å². The van der Waals surface area contributed by atoms with Gasteiger partial charge in [0.25, 0.3) is 0 Å². The zero-order valence-corrected chi connectivity index (χ0v) is 14.1. The van der Waals surface area contributed by atoms with E-state index in [-0.39, 0.29) is 0 Å². The molecule has 0 N–H and O–H groups in total. The maximum atomic E-state index is 12.0. The first-order chi connectivity index (χ1) is 9.24. The quantitative estimate of drug-likeness (QED) is 0.279. The molecule has 0 unspecified atom stereocenters. The molecular weight excluding hydrogens is 347 g/mol. The fourth-order valence-electron chi connectivity index (χ4n) is 2.23. The van der Waals surface area contributed by atoms with Crippen molar-refractivity contribution in [2.24, 2.45) is 0 Å². The van der Waals surface area contributed by atoms with Crippen LogP contribution >= 0.6 is 22.6 Å². The molecule has 0 aromatic heterocycles. The second-order valence-electron chi connectivity index (χ2n) is 5.16. The van der Waals surface area contributed by atoms with Gasteiger partial charge in [-0.15, -0.1) is 0 Å². The number of hydrogen-bond donors (Lipinski definition) is 0. The van der Waals surface area contributed by atoms with E-state index in [1.807, 2.05) is 24.3 Å². The maximum absolute atomic E-state index is 12.0. The molecule has 2 heteroatoms. The van der Waals surface area contributed by atoms with Crippen molar-refractivity contribution in [1.29, 1.82) is 0 Å². The van der Waals surface area contributed by atoms with Crippen LogP contribution in [-0.4, -0.2) is 5.78 Å². The van der Waals surface area contributed by atoms with Gasteiger partial charge in [-0.2, -0.15) is 0 Å². The minimum absolute atomic E-state index is 0.296. The molecule has 0 radical (unpaired) electrons. The molecule has 0 spiro atoms. The second-order valence-corrected chi connectivity index (χ2v) is 6.40. The Labute approximate surface area is 131 Å². The van der Waals surface area contributed by atoms with Crippen molar-refractivity contribution in [2.45, 2.75) is 64.7 Å². The summed E-state index contributed by atoms with van der Waals surface area (Å²) in [6, 6.07) is 7.89. The number of carbonyl (C=O) groups excluding carboxylic acids is 1. The van der Waals surface area contributed by atoms with Gasteiger partial charge in [-0.25, -0.2) is 0 Å². The number of hydrogen-bond acceptors (Lipinski definition) is 1. The molecule has 0 saturated carbocycles. The number of Topliss-reactive ketones (excluding diaryl/α,β-unsaturated/α-hetero) is 1. The molecule has 0 aliphatic carbocycles. The van der Waals surface area contributed by atoms with Gasteiger partial charge in [0.05, 0.1) is 0 Å². The third-order valence-electron chi connectivity index (χ3n) is 3.40. The van der Waals surface area contributed by atoms with Crippen molar-refractivity contribution in [3.8, 4) is 0 Å². The Balaban J connectivity index is 2.08. The van der Waals surface area contributed by atoms with Gasteiger partial charge in [0, 0.05) is 15.6 Å². The highest BCUT2D eigenvalue weighted by molar-refractivity contribution is 14.1. The van der Waals surface area contributed by atoms with Gasteiger partial charge in [0.15, 0.2) is 5.78 Å². The van der Waals surface area contributed by atoms with E-state index < -0.39 is 0 Å². The Morgan fingerprint density at radius 1 is 1.00 bits per heavy atom. The van der Waals surface area contributed by atoms with E-state index in [9.17, 15) is 4.79 Å². The van der Waals surface area contributed by atoms with Crippen LogP contribution in [0.25, 0.3) is 0 Å². The topological polar surface area (TPSA) is 17.1 Å². The molecular formula is C17H25IO. The van der Waals surface area contributed by atoms with E-state index >= 15 is 0 Å². The van der Waals surface area contributed by atoms with E-state index in [0.717, 1.165) is 15.6 Å². The van der Waals surface area contributed by atoms with Gasteiger partial charge in [-0.3, -0.25) is 4.79 Å². The first-order valence-corrected chi connectivity index (χ1v) is 8.60. The normalized spacial score (nSPS) is 10.6. The molecule has 0 aliphatic rings. The van der Waals surface area contributed by atoms with Gasteiger partial charge in [0.2, 0.25) is 0 Å². The summed E-state index contributed by atoms with van der Waals surface area (Å²) in [5, 5.41) is 0. The number of rotatable bonds is 10. The van der Waals surface area contributed by atoms with Gasteiger partial charge >= 0.3 is 0 Å². The summed E-state index contributed by atoms with van der Waals surface area (Å²) in [6.45, 7) is 2.25. The summed E-state index contributed by atoms with van der Waals surface area (Å²) in [5.41, 5.74) is 0.870. The van der Waals surface area contributed by atoms with Crippen LogP contribution < -0.4 is 0 Å². The van der Waals surface area contributed by atoms with E-state index in [2.05, 4.69) is 29.5 Å². The van der Waals surface area contributed by atoms with Crippen molar-refractivity contribution in [3.63, 3.8) is 0 Å². The van der Waals surface area contributed by atoms with Crippen molar-refractivity contribution in [3.05, 3.63) is 33.4 Å². The molecule has 0 bridgehead atoms. The predicted molar refractivity (Wildman–Crippen MR) is 90.7 cm³/mol. The molecule has 0 aliphatic heterocycles. The van der Waals surface area contributed by atoms with Crippen LogP contribution in [0.15, 0.2) is 24.3 Å². The lowest BCUT2D eigenvalue weighted by atomic mass is 10.0. The highest BCUT2D eigenvalue weighted by Crippen LogP contribution is 2.13. The minimum Gasteiger partial charge on any atom is -0.294 e. The van der Waals surface area contributed by atoms with Crippen LogP contribution in [0.1, 0.15) is 75.1 Å². The summed E-state index contributed by atoms with van der Waals surface area (Å²) in [7, 11) is 0. The number of unbranched alkanes of at least 4 members (excludes halogenated alkanes) is 7. The van der Waals surface area contributed by atoms with Crippen molar-refractivity contribution in [2.75, 3.05) is 0 Å². The van der Waals surface area contributed by atoms with E-state index in [0.29, 0.717) is 12.2 Å². The van der Waals surface area contributed by atoms with Gasteiger partial charge in [-0.05, 0) is 41.1 Å². The minimum atomic E-state index is 0.296. The monoisotopic (exact) mass is 372 g/mol. The molecule has 19 heavy (non-hydrogen) atoms. The number of ketones is 1. The molecule has 1 aromatic carbocycles. The van der Waals surface area contributed by atoms with Crippen LogP contribution in [0.4, 0.5) is 0 Å². The maximum Gasteiger partial charge on any atom is 0.162 e. The number of halogens is 1. The fourth-order valence-corrected chi connectivity index (χ4v) is 2.77. The predicted octanol–water partition coefficient (Wildman–Crippen LogP) is 6.00. The molecule has 106 valence electrons. The summed E-state index contributed by atoms with van der Waals surface area (Å²) >= 11 is 2.25. The third-order valence-corrected chi connectivity index (χ3v) is 4.07. The largest absolute Gasteiger partial charge is 0.294 e. The van der Waals surface area contributed by atoms with Gasteiger partial charge < -0.3 is 0 Å². The lowest BCUT2D eigenvalue weighted by molar-refractivity contribution is 0.0979. The summed E-state index contributed by atoms with van der Waals surface area (Å²) in [5.74, 6) is 0.296. The van der Waals surface area contributed by atoms with E-state index in [4.69, 9.17) is 0 Å². The third kappa shape index (κ3) is 7.71. The average Bonchev–Trinajstić information content (AvgIpc) is 2.41. The summed E-state index contributed by atoms with van der Waals surface area (Å²) in [6.07, 6.45) is 11.0. The molecule has 0 fully saturated rings.